The molecular weight excluding hydrogens is 138 g/mol. The smallest absolute Gasteiger partial charge is 0.0500 e. The second-order valence-electron chi connectivity index (χ2n) is 3.09. The van der Waals surface area contributed by atoms with Gasteiger partial charge in [-0.25, -0.2) is 5.01 Å². The lowest BCUT2D eigenvalue weighted by molar-refractivity contribution is 0.000944. The fourth-order valence-electron chi connectivity index (χ4n) is 1.75. The maximum absolute atomic E-state index is 5.71. The van der Waals surface area contributed by atoms with Crippen molar-refractivity contribution in [2.24, 2.45) is 5.84 Å². The van der Waals surface area contributed by atoms with Crippen LogP contribution in [0.1, 0.15) is 26.7 Å². The molecule has 1 spiro atoms. The molecule has 66 valence electrons. The number of nitrogens with one attached hydrogen (secondary N) is 1. The van der Waals surface area contributed by atoms with Gasteiger partial charge in [0.2, 0.25) is 0 Å². The molecule has 0 bridgehead atoms. The third-order valence-electron chi connectivity index (χ3n) is 2.65. The summed E-state index contributed by atoms with van der Waals surface area (Å²) in [6, 6.07) is 0. The van der Waals surface area contributed by atoms with E-state index in [9.17, 15) is 0 Å². The number of hydrogen-bond donors (Lipinski definition) is 2. The van der Waals surface area contributed by atoms with Crippen LogP contribution in [0.2, 0.25) is 0 Å². The first-order valence-electron chi connectivity index (χ1n) is 4.57. The highest BCUT2D eigenvalue weighted by molar-refractivity contribution is 5.02. The second-order valence-corrected chi connectivity index (χ2v) is 3.09. The van der Waals surface area contributed by atoms with Gasteiger partial charge in [-0.2, -0.15) is 0 Å². The van der Waals surface area contributed by atoms with Gasteiger partial charge >= 0.3 is 0 Å². The number of nitrogens with two attached hydrogens (primary N) is 1. The van der Waals surface area contributed by atoms with Crippen molar-refractivity contribution in [2.75, 3.05) is 19.6 Å². The van der Waals surface area contributed by atoms with Crippen LogP contribution in [-0.2, 0) is 0 Å². The van der Waals surface area contributed by atoms with Gasteiger partial charge in [-0.1, -0.05) is 13.8 Å². The van der Waals surface area contributed by atoms with E-state index >= 15 is 0 Å². The molecule has 0 radical (unpaired) electrons. The highest BCUT2D eigenvalue weighted by atomic mass is 15.5. The van der Waals surface area contributed by atoms with E-state index < -0.39 is 0 Å². The normalized spacial score (nSPS) is 36.3. The summed E-state index contributed by atoms with van der Waals surface area (Å²) >= 11 is 0. The second kappa shape index (κ2) is 3.52. The summed E-state index contributed by atoms with van der Waals surface area (Å²) in [7, 11) is 0. The molecule has 0 aliphatic carbocycles. The van der Waals surface area contributed by atoms with Crippen LogP contribution in [0.3, 0.4) is 0 Å². The zero-order chi connectivity index (χ0) is 8.32. The van der Waals surface area contributed by atoms with Gasteiger partial charge < -0.3 is 5.32 Å². The number of nitrogens with zero attached hydrogens (tertiary/aromatic N) is 1. The van der Waals surface area contributed by atoms with E-state index in [0.29, 0.717) is 5.54 Å². The van der Waals surface area contributed by atoms with Crippen LogP contribution < -0.4 is 11.2 Å². The summed E-state index contributed by atoms with van der Waals surface area (Å²) in [5.41, 5.74) is 0.375. The van der Waals surface area contributed by atoms with E-state index in [1.807, 2.05) is 18.9 Å². The van der Waals surface area contributed by atoms with Crippen molar-refractivity contribution < 1.29 is 0 Å². The summed E-state index contributed by atoms with van der Waals surface area (Å²) in [6.07, 6.45) is 2.53. The molecule has 0 aromatic rings. The molecule has 1 atom stereocenters. The Hall–Kier alpha value is -0.120. The van der Waals surface area contributed by atoms with E-state index in [4.69, 9.17) is 5.84 Å². The summed E-state index contributed by atoms with van der Waals surface area (Å²) in [5.74, 6) is 5.71. The Morgan fingerprint density at radius 3 is 2.27 bits per heavy atom. The molecule has 3 nitrogen and oxygen atoms in total. The fraction of sp³-hybridized carbons (Fsp3) is 1.00. The molecule has 2 rings (SSSR count). The molecule has 0 aromatic heterocycles. The molecule has 2 saturated heterocycles. The quantitative estimate of drug-likeness (QED) is 0.498. The van der Waals surface area contributed by atoms with Crippen molar-refractivity contribution in [3.05, 3.63) is 0 Å². The maximum atomic E-state index is 5.71. The summed E-state index contributed by atoms with van der Waals surface area (Å²) < 4.78 is 0. The Morgan fingerprint density at radius 2 is 2.09 bits per heavy atom. The largest absolute Gasteiger partial charge is 0.315 e. The highest BCUT2D eigenvalue weighted by Gasteiger charge is 2.44. The van der Waals surface area contributed by atoms with Gasteiger partial charge in [-0.15, -0.1) is 0 Å². The zero-order valence-electron chi connectivity index (χ0n) is 7.56. The Morgan fingerprint density at radius 1 is 1.36 bits per heavy atom. The monoisotopic (exact) mass is 157 g/mol. The first-order valence-corrected chi connectivity index (χ1v) is 4.57. The molecular formula is C8H19N3. The summed E-state index contributed by atoms with van der Waals surface area (Å²) in [6.45, 7) is 7.33. The Balaban J connectivity index is 0.000000281. The Labute approximate surface area is 68.9 Å². The molecule has 2 fully saturated rings. The van der Waals surface area contributed by atoms with Crippen LogP contribution in [-0.4, -0.2) is 30.2 Å². The van der Waals surface area contributed by atoms with Crippen molar-refractivity contribution in [3.8, 4) is 0 Å². The van der Waals surface area contributed by atoms with E-state index in [1.165, 1.54) is 12.8 Å². The predicted octanol–water partition coefficient (Wildman–Crippen LogP) is 0.324. The molecule has 11 heavy (non-hydrogen) atoms. The van der Waals surface area contributed by atoms with Crippen molar-refractivity contribution in [3.63, 3.8) is 0 Å². The third-order valence-corrected chi connectivity index (χ3v) is 2.65. The van der Waals surface area contributed by atoms with Gasteiger partial charge in [0.1, 0.15) is 0 Å². The predicted molar refractivity (Wildman–Crippen MR) is 47.1 cm³/mol. The average molecular weight is 157 g/mol. The zero-order valence-corrected chi connectivity index (χ0v) is 7.56. The Bertz CT molecular complexity index is 119. The molecule has 1 unspecified atom stereocenters. The summed E-state index contributed by atoms with van der Waals surface area (Å²) in [5, 5.41) is 5.30. The third kappa shape index (κ3) is 1.41. The van der Waals surface area contributed by atoms with Crippen LogP contribution in [0.4, 0.5) is 0 Å². The van der Waals surface area contributed by atoms with E-state index in [2.05, 4.69) is 5.32 Å². The molecule has 0 saturated carbocycles. The maximum Gasteiger partial charge on any atom is 0.0500 e. The fourth-order valence-corrected chi connectivity index (χ4v) is 1.75. The van der Waals surface area contributed by atoms with Crippen LogP contribution >= 0.6 is 0 Å². The van der Waals surface area contributed by atoms with E-state index in [1.54, 1.807) is 0 Å². The average Bonchev–Trinajstić information content (AvgIpc) is 2.56. The van der Waals surface area contributed by atoms with Gasteiger partial charge in [0.15, 0.2) is 0 Å². The molecule has 0 aromatic carbocycles. The van der Waals surface area contributed by atoms with Crippen molar-refractivity contribution in [1.82, 2.24) is 10.3 Å². The van der Waals surface area contributed by atoms with Gasteiger partial charge in [0.05, 0.1) is 5.54 Å². The number of hydrogen-bond acceptors (Lipinski definition) is 3. The van der Waals surface area contributed by atoms with Gasteiger partial charge in [0.25, 0.3) is 0 Å². The molecule has 2 aliphatic rings. The highest BCUT2D eigenvalue weighted by Crippen LogP contribution is 2.32. The lowest BCUT2D eigenvalue weighted by Crippen LogP contribution is -2.64. The van der Waals surface area contributed by atoms with Crippen molar-refractivity contribution in [2.45, 2.75) is 32.2 Å². The lowest BCUT2D eigenvalue weighted by atomic mass is 9.86. The molecule has 0 amide bonds. The minimum atomic E-state index is 0.375. The van der Waals surface area contributed by atoms with Crippen molar-refractivity contribution in [1.29, 1.82) is 0 Å². The van der Waals surface area contributed by atoms with Crippen LogP contribution in [0.5, 0.6) is 0 Å². The standard InChI is InChI=1S/C6H13N3.C2H6/c7-9-4-2-6(9)1-3-8-5-6;1-2/h8H,1-5,7H2;1-2H3. The lowest BCUT2D eigenvalue weighted by Gasteiger charge is -2.47. The summed E-state index contributed by atoms with van der Waals surface area (Å²) in [4.78, 5) is 0. The van der Waals surface area contributed by atoms with Gasteiger partial charge in [-0.3, -0.25) is 5.84 Å². The van der Waals surface area contributed by atoms with E-state index in [-0.39, 0.29) is 0 Å². The van der Waals surface area contributed by atoms with Gasteiger partial charge in [-0.05, 0) is 19.4 Å². The van der Waals surface area contributed by atoms with Crippen molar-refractivity contribution >= 4 is 0 Å². The van der Waals surface area contributed by atoms with Crippen LogP contribution in [0.15, 0.2) is 0 Å². The van der Waals surface area contributed by atoms with E-state index in [0.717, 1.165) is 19.6 Å². The Kier molecular flexibility index (Phi) is 2.87. The number of rotatable bonds is 0. The minimum Gasteiger partial charge on any atom is -0.315 e. The van der Waals surface area contributed by atoms with Crippen LogP contribution in [0, 0.1) is 0 Å². The molecule has 3 heteroatoms. The molecule has 3 N–H and O–H groups in total. The molecule has 2 heterocycles. The first kappa shape index (κ1) is 8.97. The number of hydrazine groups is 1. The first-order chi connectivity index (χ1) is 5.33. The SMILES string of the molecule is CC.NN1CCC12CCNC2. The minimum absolute atomic E-state index is 0.375. The topological polar surface area (TPSA) is 41.3 Å². The van der Waals surface area contributed by atoms with Crippen LogP contribution in [0.25, 0.3) is 0 Å². The molecule has 2 aliphatic heterocycles. The van der Waals surface area contributed by atoms with Gasteiger partial charge in [0, 0.05) is 13.1 Å².